The molecule has 0 aliphatic carbocycles. The van der Waals surface area contributed by atoms with Crippen molar-refractivity contribution < 1.29 is 0 Å². The first-order valence-electron chi connectivity index (χ1n) is 5.22. The molecule has 0 spiro atoms. The van der Waals surface area contributed by atoms with E-state index >= 15 is 0 Å². The average molecular weight is 240 g/mol. The van der Waals surface area contributed by atoms with Crippen LogP contribution in [0.5, 0.6) is 0 Å². The van der Waals surface area contributed by atoms with Gasteiger partial charge in [0.2, 0.25) is 0 Å². The van der Waals surface area contributed by atoms with Gasteiger partial charge in [0.15, 0.2) is 0 Å². The zero-order chi connectivity index (χ0) is 12.1. The third kappa shape index (κ3) is 2.75. The van der Waals surface area contributed by atoms with E-state index in [2.05, 4.69) is 6.07 Å². The lowest BCUT2D eigenvalue weighted by Crippen LogP contribution is -1.87. The summed E-state index contributed by atoms with van der Waals surface area (Å²) < 4.78 is 0. The van der Waals surface area contributed by atoms with E-state index in [9.17, 15) is 0 Å². The summed E-state index contributed by atoms with van der Waals surface area (Å²) >= 11 is 5.97. The average Bonchev–Trinajstić information content (AvgIpc) is 2.37. The van der Waals surface area contributed by atoms with E-state index in [-0.39, 0.29) is 0 Å². The van der Waals surface area contributed by atoms with Gasteiger partial charge in [-0.2, -0.15) is 5.26 Å². The Morgan fingerprint density at radius 1 is 1.00 bits per heavy atom. The minimum atomic E-state index is 0.669. The molecule has 0 fully saturated rings. The maximum Gasteiger partial charge on any atom is 0.0918 e. The standard InChI is InChI=1S/C15H10ClN/c16-14-8-4-7-13(11-14)15(9-10-17)12-5-2-1-3-6-12/h1-9,11H/b15-9+. The molecule has 0 N–H and O–H groups in total. The van der Waals surface area contributed by atoms with E-state index in [1.165, 1.54) is 0 Å². The molecule has 0 heterocycles. The molecule has 0 amide bonds. The predicted molar refractivity (Wildman–Crippen MR) is 70.6 cm³/mol. The van der Waals surface area contributed by atoms with Crippen LogP contribution in [0.3, 0.4) is 0 Å². The number of rotatable bonds is 2. The monoisotopic (exact) mass is 239 g/mol. The second kappa shape index (κ2) is 5.34. The van der Waals surface area contributed by atoms with Gasteiger partial charge < -0.3 is 0 Å². The van der Waals surface area contributed by atoms with Gasteiger partial charge in [-0.05, 0) is 28.8 Å². The third-order valence-corrected chi connectivity index (χ3v) is 2.66. The summed E-state index contributed by atoms with van der Waals surface area (Å²) in [5.74, 6) is 0. The van der Waals surface area contributed by atoms with Gasteiger partial charge in [0.1, 0.15) is 0 Å². The SMILES string of the molecule is N#C/C=C(\c1ccccc1)c1cccc(Cl)c1. The van der Waals surface area contributed by atoms with Crippen LogP contribution < -0.4 is 0 Å². The van der Waals surface area contributed by atoms with Gasteiger partial charge in [-0.25, -0.2) is 0 Å². The van der Waals surface area contributed by atoms with Crippen LogP contribution >= 0.6 is 11.6 Å². The van der Waals surface area contributed by atoms with Gasteiger partial charge in [0.05, 0.1) is 6.07 Å². The lowest BCUT2D eigenvalue weighted by Gasteiger charge is -2.07. The normalized spacial score (nSPS) is 10.9. The van der Waals surface area contributed by atoms with Crippen molar-refractivity contribution in [3.05, 3.63) is 76.8 Å². The van der Waals surface area contributed by atoms with Gasteiger partial charge in [-0.1, -0.05) is 54.1 Å². The molecule has 0 aliphatic heterocycles. The molecule has 0 aromatic heterocycles. The lowest BCUT2D eigenvalue weighted by molar-refractivity contribution is 1.51. The molecule has 0 atom stereocenters. The van der Waals surface area contributed by atoms with Crippen LogP contribution in [-0.2, 0) is 0 Å². The molecular formula is C15H10ClN. The Kier molecular flexibility index (Phi) is 3.59. The Hall–Kier alpha value is -2.04. The molecule has 2 rings (SSSR count). The first-order valence-corrected chi connectivity index (χ1v) is 5.60. The highest BCUT2D eigenvalue weighted by Gasteiger charge is 2.04. The summed E-state index contributed by atoms with van der Waals surface area (Å²) in [4.78, 5) is 0. The second-order valence-corrected chi connectivity index (χ2v) is 4.00. The first kappa shape index (κ1) is 11.4. The number of hydrogen-bond acceptors (Lipinski definition) is 1. The first-order chi connectivity index (χ1) is 8.31. The summed E-state index contributed by atoms with van der Waals surface area (Å²) in [6.45, 7) is 0. The summed E-state index contributed by atoms with van der Waals surface area (Å²) in [5.41, 5.74) is 2.84. The number of halogens is 1. The zero-order valence-electron chi connectivity index (χ0n) is 9.10. The smallest absolute Gasteiger partial charge is 0.0918 e. The van der Waals surface area contributed by atoms with Crippen molar-refractivity contribution in [2.45, 2.75) is 0 Å². The Morgan fingerprint density at radius 2 is 1.71 bits per heavy atom. The Morgan fingerprint density at radius 3 is 2.35 bits per heavy atom. The highest BCUT2D eigenvalue weighted by molar-refractivity contribution is 6.30. The zero-order valence-corrected chi connectivity index (χ0v) is 9.85. The van der Waals surface area contributed by atoms with Crippen LogP contribution in [0.25, 0.3) is 5.57 Å². The maximum atomic E-state index is 8.87. The van der Waals surface area contributed by atoms with E-state index in [1.54, 1.807) is 6.08 Å². The molecule has 17 heavy (non-hydrogen) atoms. The summed E-state index contributed by atoms with van der Waals surface area (Å²) in [7, 11) is 0. The molecule has 0 unspecified atom stereocenters. The Bertz CT molecular complexity index is 579. The largest absolute Gasteiger partial charge is 0.193 e. The van der Waals surface area contributed by atoms with Crippen molar-refractivity contribution in [1.29, 1.82) is 5.26 Å². The molecular weight excluding hydrogens is 230 g/mol. The van der Waals surface area contributed by atoms with Gasteiger partial charge in [-0.3, -0.25) is 0 Å². The molecule has 0 aliphatic rings. The van der Waals surface area contributed by atoms with Crippen LogP contribution in [0.1, 0.15) is 11.1 Å². The summed E-state index contributed by atoms with van der Waals surface area (Å²) in [5, 5.41) is 9.54. The van der Waals surface area contributed by atoms with Crippen LogP contribution in [0.4, 0.5) is 0 Å². The highest BCUT2D eigenvalue weighted by Crippen LogP contribution is 2.25. The van der Waals surface area contributed by atoms with E-state index in [0.29, 0.717) is 5.02 Å². The topological polar surface area (TPSA) is 23.8 Å². The van der Waals surface area contributed by atoms with Crippen LogP contribution in [0.2, 0.25) is 5.02 Å². The third-order valence-electron chi connectivity index (χ3n) is 2.43. The number of allylic oxidation sites excluding steroid dienone is 1. The van der Waals surface area contributed by atoms with Crippen LogP contribution in [0.15, 0.2) is 60.7 Å². The van der Waals surface area contributed by atoms with Crippen LogP contribution in [-0.4, -0.2) is 0 Å². The number of hydrogen-bond donors (Lipinski definition) is 0. The summed E-state index contributed by atoms with van der Waals surface area (Å²) in [6.07, 6.45) is 1.54. The number of nitriles is 1. The van der Waals surface area contributed by atoms with E-state index < -0.39 is 0 Å². The van der Waals surface area contributed by atoms with Gasteiger partial charge in [0.25, 0.3) is 0 Å². The minimum absolute atomic E-state index is 0.669. The molecule has 0 radical (unpaired) electrons. The molecule has 2 aromatic carbocycles. The molecule has 0 saturated heterocycles. The Labute approximate surface area is 106 Å². The molecule has 2 heteroatoms. The number of nitrogens with zero attached hydrogens (tertiary/aromatic N) is 1. The predicted octanol–water partition coefficient (Wildman–Crippen LogP) is 4.30. The van der Waals surface area contributed by atoms with Crippen molar-refractivity contribution in [2.75, 3.05) is 0 Å². The molecule has 2 aromatic rings. The fourth-order valence-electron chi connectivity index (χ4n) is 1.67. The highest BCUT2D eigenvalue weighted by atomic mass is 35.5. The molecule has 0 bridgehead atoms. The van der Waals surface area contributed by atoms with E-state index in [0.717, 1.165) is 16.7 Å². The lowest BCUT2D eigenvalue weighted by atomic mass is 9.98. The Balaban J connectivity index is 2.52. The molecule has 0 saturated carbocycles. The molecule has 82 valence electrons. The van der Waals surface area contributed by atoms with Gasteiger partial charge >= 0.3 is 0 Å². The fraction of sp³-hybridized carbons (Fsp3) is 0. The van der Waals surface area contributed by atoms with Crippen molar-refractivity contribution in [2.24, 2.45) is 0 Å². The van der Waals surface area contributed by atoms with Crippen molar-refractivity contribution in [1.82, 2.24) is 0 Å². The van der Waals surface area contributed by atoms with Gasteiger partial charge in [-0.15, -0.1) is 0 Å². The van der Waals surface area contributed by atoms with E-state index in [4.69, 9.17) is 16.9 Å². The quantitative estimate of drug-likeness (QED) is 0.717. The van der Waals surface area contributed by atoms with Crippen molar-refractivity contribution in [3.63, 3.8) is 0 Å². The summed E-state index contributed by atoms with van der Waals surface area (Å²) in [6, 6.07) is 19.4. The van der Waals surface area contributed by atoms with Crippen LogP contribution in [0, 0.1) is 11.3 Å². The second-order valence-electron chi connectivity index (χ2n) is 3.56. The van der Waals surface area contributed by atoms with Gasteiger partial charge in [0, 0.05) is 11.1 Å². The fourth-order valence-corrected chi connectivity index (χ4v) is 1.86. The minimum Gasteiger partial charge on any atom is -0.193 e. The van der Waals surface area contributed by atoms with E-state index in [1.807, 2.05) is 54.6 Å². The number of benzene rings is 2. The van der Waals surface area contributed by atoms with Crippen molar-refractivity contribution in [3.8, 4) is 6.07 Å². The molecule has 1 nitrogen and oxygen atoms in total. The maximum absolute atomic E-state index is 8.87. The van der Waals surface area contributed by atoms with Crippen molar-refractivity contribution >= 4 is 17.2 Å².